The maximum atomic E-state index is 13.7. The van der Waals surface area contributed by atoms with Gasteiger partial charge in [0.1, 0.15) is 0 Å². The summed E-state index contributed by atoms with van der Waals surface area (Å²) >= 11 is 0. The van der Waals surface area contributed by atoms with E-state index in [2.05, 4.69) is 5.32 Å². The number of benzene rings is 1. The Morgan fingerprint density at radius 3 is 2.68 bits per heavy atom. The first-order valence-electron chi connectivity index (χ1n) is 6.66. The average Bonchev–Trinajstić information content (AvgIpc) is 2.36. The molecule has 5 heteroatoms. The van der Waals surface area contributed by atoms with E-state index in [0.29, 0.717) is 11.7 Å². The molecule has 3 N–H and O–H groups in total. The number of ether oxygens (including phenoxy) is 2. The van der Waals surface area contributed by atoms with Gasteiger partial charge in [-0.1, -0.05) is 0 Å². The van der Waals surface area contributed by atoms with Crippen molar-refractivity contribution in [3.63, 3.8) is 0 Å². The lowest BCUT2D eigenvalue weighted by molar-refractivity contribution is 0.0904. The fourth-order valence-electron chi connectivity index (χ4n) is 2.10. The Hall–Kier alpha value is -1.49. The van der Waals surface area contributed by atoms with E-state index in [4.69, 9.17) is 15.2 Å². The van der Waals surface area contributed by atoms with Gasteiger partial charge in [0.05, 0.1) is 17.5 Å². The zero-order valence-electron chi connectivity index (χ0n) is 11.4. The third-order valence-corrected chi connectivity index (χ3v) is 3.05. The van der Waals surface area contributed by atoms with Crippen molar-refractivity contribution < 1.29 is 13.9 Å². The van der Waals surface area contributed by atoms with Gasteiger partial charge in [0.15, 0.2) is 11.6 Å². The lowest BCUT2D eigenvalue weighted by Crippen LogP contribution is -2.28. The summed E-state index contributed by atoms with van der Waals surface area (Å²) < 4.78 is 24.5. The Balaban J connectivity index is 2.14. The quantitative estimate of drug-likeness (QED) is 0.824. The van der Waals surface area contributed by atoms with Crippen LogP contribution in [0.3, 0.4) is 0 Å². The van der Waals surface area contributed by atoms with E-state index in [1.54, 1.807) is 6.07 Å². The van der Waals surface area contributed by atoms with Crippen LogP contribution in [-0.2, 0) is 4.74 Å². The van der Waals surface area contributed by atoms with Gasteiger partial charge >= 0.3 is 0 Å². The molecule has 1 aliphatic rings. The van der Waals surface area contributed by atoms with Crippen LogP contribution >= 0.6 is 0 Å². The van der Waals surface area contributed by atoms with Crippen LogP contribution in [0.2, 0.25) is 0 Å². The maximum absolute atomic E-state index is 13.7. The molecular formula is C14H21FN2O2. The lowest BCUT2D eigenvalue weighted by atomic mass is 10.1. The van der Waals surface area contributed by atoms with Crippen molar-refractivity contribution in [3.8, 4) is 5.75 Å². The summed E-state index contributed by atoms with van der Waals surface area (Å²) in [5.74, 6) is -0.192. The second-order valence-electron chi connectivity index (χ2n) is 5.07. The summed E-state index contributed by atoms with van der Waals surface area (Å²) in [7, 11) is 0. The molecule has 0 unspecified atom stereocenters. The van der Waals surface area contributed by atoms with Crippen molar-refractivity contribution in [2.24, 2.45) is 0 Å². The molecule has 1 aromatic rings. The molecule has 1 saturated heterocycles. The predicted molar refractivity (Wildman–Crippen MR) is 74.0 cm³/mol. The van der Waals surface area contributed by atoms with Crippen LogP contribution in [0.15, 0.2) is 12.1 Å². The molecule has 1 heterocycles. The van der Waals surface area contributed by atoms with Crippen molar-refractivity contribution in [3.05, 3.63) is 17.9 Å². The minimum absolute atomic E-state index is 0.0749. The van der Waals surface area contributed by atoms with Crippen LogP contribution in [-0.4, -0.2) is 25.4 Å². The Bertz CT molecular complexity index is 432. The molecule has 0 saturated carbocycles. The van der Waals surface area contributed by atoms with Gasteiger partial charge in [0.25, 0.3) is 0 Å². The Morgan fingerprint density at radius 2 is 2.05 bits per heavy atom. The van der Waals surface area contributed by atoms with Gasteiger partial charge in [0.2, 0.25) is 0 Å². The van der Waals surface area contributed by atoms with Gasteiger partial charge < -0.3 is 20.5 Å². The van der Waals surface area contributed by atoms with Crippen molar-refractivity contribution >= 4 is 11.4 Å². The molecule has 1 fully saturated rings. The van der Waals surface area contributed by atoms with Crippen LogP contribution in [0.1, 0.15) is 26.7 Å². The molecule has 106 valence electrons. The number of hydrogen-bond donors (Lipinski definition) is 2. The summed E-state index contributed by atoms with van der Waals surface area (Å²) in [5.41, 5.74) is 6.98. The van der Waals surface area contributed by atoms with Crippen LogP contribution in [0, 0.1) is 5.82 Å². The monoisotopic (exact) mass is 268 g/mol. The number of hydrogen-bond acceptors (Lipinski definition) is 4. The largest absolute Gasteiger partial charge is 0.488 e. The molecule has 4 nitrogen and oxygen atoms in total. The lowest BCUT2D eigenvalue weighted by Gasteiger charge is -2.25. The number of nitrogen functional groups attached to an aromatic ring is 1. The fraction of sp³-hybridized carbons (Fsp3) is 0.571. The topological polar surface area (TPSA) is 56.5 Å². The number of rotatable bonds is 4. The van der Waals surface area contributed by atoms with Crippen LogP contribution in [0.4, 0.5) is 15.8 Å². The second kappa shape index (κ2) is 6.10. The number of nitrogens with two attached hydrogens (primary N) is 1. The zero-order chi connectivity index (χ0) is 13.8. The summed E-state index contributed by atoms with van der Waals surface area (Å²) in [6.07, 6.45) is 1.78. The maximum Gasteiger partial charge on any atom is 0.167 e. The van der Waals surface area contributed by atoms with E-state index in [0.717, 1.165) is 31.7 Å². The molecule has 0 atom stereocenters. The van der Waals surface area contributed by atoms with Gasteiger partial charge in [-0.05, 0) is 26.7 Å². The first-order valence-corrected chi connectivity index (χ1v) is 6.66. The highest BCUT2D eigenvalue weighted by atomic mass is 19.1. The molecule has 0 bridgehead atoms. The molecule has 19 heavy (non-hydrogen) atoms. The standard InChI is InChI=1S/C14H21FN2O2/c1-9(2)19-14-8-13(12(16)7-11(14)15)17-10-3-5-18-6-4-10/h7-10,17H,3-6,16H2,1-2H3. The Morgan fingerprint density at radius 1 is 1.37 bits per heavy atom. The molecule has 0 aliphatic carbocycles. The second-order valence-corrected chi connectivity index (χ2v) is 5.07. The molecule has 2 rings (SSSR count). The van der Waals surface area contributed by atoms with Gasteiger partial charge in [-0.25, -0.2) is 4.39 Å². The fourth-order valence-corrected chi connectivity index (χ4v) is 2.10. The minimum Gasteiger partial charge on any atom is -0.488 e. The first-order chi connectivity index (χ1) is 9.06. The molecular weight excluding hydrogens is 247 g/mol. The smallest absolute Gasteiger partial charge is 0.167 e. The van der Waals surface area contributed by atoms with E-state index in [1.807, 2.05) is 13.8 Å². The molecule has 0 amide bonds. The average molecular weight is 268 g/mol. The molecule has 0 spiro atoms. The third-order valence-electron chi connectivity index (χ3n) is 3.05. The summed E-state index contributed by atoms with van der Waals surface area (Å²) in [6, 6.07) is 3.26. The molecule has 1 aromatic carbocycles. The highest BCUT2D eigenvalue weighted by Crippen LogP contribution is 2.30. The Kier molecular flexibility index (Phi) is 4.47. The van der Waals surface area contributed by atoms with Gasteiger partial charge in [-0.3, -0.25) is 0 Å². The highest BCUT2D eigenvalue weighted by Gasteiger charge is 2.16. The number of nitrogens with one attached hydrogen (secondary N) is 1. The summed E-state index contributed by atoms with van der Waals surface area (Å²) in [6.45, 7) is 5.21. The minimum atomic E-state index is -0.427. The summed E-state index contributed by atoms with van der Waals surface area (Å²) in [4.78, 5) is 0. The number of anilines is 2. The SMILES string of the molecule is CC(C)Oc1cc(NC2CCOCC2)c(N)cc1F. The van der Waals surface area contributed by atoms with Gasteiger partial charge in [0, 0.05) is 31.4 Å². The van der Waals surface area contributed by atoms with E-state index in [9.17, 15) is 4.39 Å². The molecule has 1 aliphatic heterocycles. The Labute approximate surface area is 113 Å². The van der Waals surface area contributed by atoms with Gasteiger partial charge in [-0.15, -0.1) is 0 Å². The predicted octanol–water partition coefficient (Wildman–Crippen LogP) is 2.79. The first kappa shape index (κ1) is 13.9. The van der Waals surface area contributed by atoms with Crippen molar-refractivity contribution in [1.82, 2.24) is 0 Å². The third kappa shape index (κ3) is 3.73. The zero-order valence-corrected chi connectivity index (χ0v) is 11.4. The van der Waals surface area contributed by atoms with Gasteiger partial charge in [-0.2, -0.15) is 0 Å². The van der Waals surface area contributed by atoms with E-state index in [-0.39, 0.29) is 11.9 Å². The highest BCUT2D eigenvalue weighted by molar-refractivity contribution is 5.69. The summed E-state index contributed by atoms with van der Waals surface area (Å²) in [5, 5.41) is 3.34. The van der Waals surface area contributed by atoms with Crippen molar-refractivity contribution in [2.75, 3.05) is 24.3 Å². The number of halogens is 1. The molecule has 0 radical (unpaired) electrons. The van der Waals surface area contributed by atoms with Crippen LogP contribution in [0.25, 0.3) is 0 Å². The normalized spacial score (nSPS) is 16.6. The van der Waals surface area contributed by atoms with E-state index >= 15 is 0 Å². The van der Waals surface area contributed by atoms with Crippen LogP contribution in [0.5, 0.6) is 5.75 Å². The van der Waals surface area contributed by atoms with Crippen molar-refractivity contribution in [2.45, 2.75) is 38.8 Å². The van der Waals surface area contributed by atoms with Crippen molar-refractivity contribution in [1.29, 1.82) is 0 Å². The van der Waals surface area contributed by atoms with E-state index < -0.39 is 5.82 Å². The molecule has 0 aromatic heterocycles. The van der Waals surface area contributed by atoms with Crippen LogP contribution < -0.4 is 15.8 Å². The van der Waals surface area contributed by atoms with E-state index in [1.165, 1.54) is 6.07 Å².